The summed E-state index contributed by atoms with van der Waals surface area (Å²) in [5.41, 5.74) is 3.19. The van der Waals surface area contributed by atoms with E-state index in [2.05, 4.69) is 16.4 Å². The molecule has 0 atom stereocenters. The summed E-state index contributed by atoms with van der Waals surface area (Å²) >= 11 is 0. The molecule has 1 aromatic heterocycles. The van der Waals surface area contributed by atoms with Crippen LogP contribution in [0.25, 0.3) is 16.5 Å². The number of nitrogens with one attached hydrogen (secondary N) is 2. The first kappa shape index (κ1) is 9.48. The Morgan fingerprint density at radius 2 is 2.06 bits per heavy atom. The van der Waals surface area contributed by atoms with Gasteiger partial charge < -0.3 is 15.4 Å². The van der Waals surface area contributed by atoms with Crippen LogP contribution in [0.2, 0.25) is 0 Å². The van der Waals surface area contributed by atoms with Gasteiger partial charge in [-0.25, -0.2) is 0 Å². The van der Waals surface area contributed by atoms with Gasteiger partial charge in [-0.15, -0.1) is 0 Å². The lowest BCUT2D eigenvalue weighted by molar-refractivity contribution is 0.456. The SMILES string of the molecule is Oc1[nH]c2ccccc2c1C1=CCNCC1. The molecule has 0 bridgehead atoms. The molecule has 1 aromatic carbocycles. The van der Waals surface area contributed by atoms with Crippen LogP contribution in [0.4, 0.5) is 0 Å². The van der Waals surface area contributed by atoms with Crippen molar-refractivity contribution < 1.29 is 5.11 Å². The number of aromatic nitrogens is 1. The van der Waals surface area contributed by atoms with Crippen molar-refractivity contribution in [3.05, 3.63) is 35.9 Å². The molecule has 0 spiro atoms. The molecule has 0 fully saturated rings. The summed E-state index contributed by atoms with van der Waals surface area (Å²) < 4.78 is 0. The molecule has 2 aromatic rings. The average molecular weight is 214 g/mol. The Morgan fingerprint density at radius 3 is 2.88 bits per heavy atom. The van der Waals surface area contributed by atoms with Crippen molar-refractivity contribution in [2.24, 2.45) is 0 Å². The maximum atomic E-state index is 9.97. The van der Waals surface area contributed by atoms with Gasteiger partial charge >= 0.3 is 0 Å². The average Bonchev–Trinajstić information content (AvgIpc) is 2.66. The van der Waals surface area contributed by atoms with Gasteiger partial charge in [-0.05, 0) is 24.6 Å². The summed E-state index contributed by atoms with van der Waals surface area (Å²) in [5, 5.41) is 14.4. The second-order valence-electron chi connectivity index (χ2n) is 4.08. The molecule has 0 saturated heterocycles. The number of aromatic hydroxyl groups is 1. The normalized spacial score (nSPS) is 16.4. The quantitative estimate of drug-likeness (QED) is 0.682. The predicted molar refractivity (Wildman–Crippen MR) is 65.4 cm³/mol. The van der Waals surface area contributed by atoms with Gasteiger partial charge in [-0.2, -0.15) is 0 Å². The predicted octanol–water partition coefficient (Wildman–Crippen LogP) is 2.25. The molecule has 3 heteroatoms. The van der Waals surface area contributed by atoms with E-state index in [0.717, 1.165) is 36.0 Å². The lowest BCUT2D eigenvalue weighted by atomic mass is 9.99. The van der Waals surface area contributed by atoms with E-state index >= 15 is 0 Å². The third-order valence-corrected chi connectivity index (χ3v) is 3.07. The summed E-state index contributed by atoms with van der Waals surface area (Å²) in [6.45, 7) is 1.86. The highest BCUT2D eigenvalue weighted by atomic mass is 16.3. The van der Waals surface area contributed by atoms with Crippen LogP contribution in [0, 0.1) is 0 Å². The molecule has 0 amide bonds. The van der Waals surface area contributed by atoms with Crippen LogP contribution in [0.3, 0.4) is 0 Å². The standard InChI is InChI=1S/C13H14N2O/c16-13-12(9-5-7-14-8-6-9)10-3-1-2-4-11(10)15-13/h1-5,14-16H,6-8H2. The number of aromatic amines is 1. The van der Waals surface area contributed by atoms with E-state index in [1.165, 1.54) is 5.57 Å². The molecule has 1 aliphatic rings. The van der Waals surface area contributed by atoms with Gasteiger partial charge in [0.1, 0.15) is 0 Å². The number of hydrogen-bond donors (Lipinski definition) is 3. The van der Waals surface area contributed by atoms with Crippen molar-refractivity contribution in [2.45, 2.75) is 6.42 Å². The molecular weight excluding hydrogens is 200 g/mol. The number of fused-ring (bicyclic) bond motifs is 1. The van der Waals surface area contributed by atoms with E-state index in [9.17, 15) is 5.11 Å². The first-order chi connectivity index (χ1) is 7.86. The molecule has 0 radical (unpaired) electrons. The third kappa shape index (κ3) is 1.41. The molecule has 1 aliphatic heterocycles. The van der Waals surface area contributed by atoms with Crippen LogP contribution in [-0.2, 0) is 0 Å². The monoisotopic (exact) mass is 214 g/mol. The maximum absolute atomic E-state index is 9.97. The van der Waals surface area contributed by atoms with E-state index in [1.807, 2.05) is 24.3 Å². The van der Waals surface area contributed by atoms with Gasteiger partial charge in [-0.3, -0.25) is 0 Å². The van der Waals surface area contributed by atoms with Gasteiger partial charge in [-0.1, -0.05) is 24.3 Å². The largest absolute Gasteiger partial charge is 0.494 e. The molecule has 0 saturated carbocycles. The Hall–Kier alpha value is -1.74. The van der Waals surface area contributed by atoms with Crippen molar-refractivity contribution in [2.75, 3.05) is 13.1 Å². The summed E-state index contributed by atoms with van der Waals surface area (Å²) in [7, 11) is 0. The molecule has 3 nitrogen and oxygen atoms in total. The van der Waals surface area contributed by atoms with Crippen LogP contribution in [0.15, 0.2) is 30.3 Å². The van der Waals surface area contributed by atoms with E-state index in [-0.39, 0.29) is 5.88 Å². The zero-order valence-electron chi connectivity index (χ0n) is 8.96. The van der Waals surface area contributed by atoms with Crippen LogP contribution in [-0.4, -0.2) is 23.2 Å². The fraction of sp³-hybridized carbons (Fsp3) is 0.231. The zero-order chi connectivity index (χ0) is 11.0. The van der Waals surface area contributed by atoms with Gasteiger partial charge in [0, 0.05) is 23.0 Å². The lowest BCUT2D eigenvalue weighted by Crippen LogP contribution is -2.19. The summed E-state index contributed by atoms with van der Waals surface area (Å²) in [5.74, 6) is 0.286. The number of H-pyrrole nitrogens is 1. The topological polar surface area (TPSA) is 48.0 Å². The minimum atomic E-state index is 0.286. The second kappa shape index (κ2) is 3.68. The Kier molecular flexibility index (Phi) is 2.18. The van der Waals surface area contributed by atoms with Gasteiger partial charge in [0.2, 0.25) is 0 Å². The molecule has 16 heavy (non-hydrogen) atoms. The molecule has 2 heterocycles. The van der Waals surface area contributed by atoms with Crippen LogP contribution in [0.5, 0.6) is 5.88 Å². The number of rotatable bonds is 1. The summed E-state index contributed by atoms with van der Waals surface area (Å²) in [6, 6.07) is 8.00. The molecular formula is C13H14N2O. The van der Waals surface area contributed by atoms with Gasteiger partial charge in [0.05, 0.1) is 0 Å². The Labute approximate surface area is 93.8 Å². The Bertz CT molecular complexity index is 554. The summed E-state index contributed by atoms with van der Waals surface area (Å²) in [4.78, 5) is 3.02. The van der Waals surface area contributed by atoms with Crippen LogP contribution >= 0.6 is 0 Å². The van der Waals surface area contributed by atoms with Crippen molar-refractivity contribution in [1.29, 1.82) is 0 Å². The maximum Gasteiger partial charge on any atom is 0.197 e. The Balaban J connectivity index is 2.21. The van der Waals surface area contributed by atoms with Gasteiger partial charge in [0.25, 0.3) is 0 Å². The van der Waals surface area contributed by atoms with Crippen molar-refractivity contribution in [1.82, 2.24) is 10.3 Å². The third-order valence-electron chi connectivity index (χ3n) is 3.07. The molecule has 3 N–H and O–H groups in total. The van der Waals surface area contributed by atoms with E-state index in [4.69, 9.17) is 0 Å². The number of hydrogen-bond acceptors (Lipinski definition) is 2. The van der Waals surface area contributed by atoms with Crippen molar-refractivity contribution in [3.8, 4) is 5.88 Å². The molecule has 82 valence electrons. The molecule has 0 aliphatic carbocycles. The first-order valence-electron chi connectivity index (χ1n) is 5.56. The minimum absolute atomic E-state index is 0.286. The van der Waals surface area contributed by atoms with Crippen molar-refractivity contribution >= 4 is 16.5 Å². The number of para-hydroxylation sites is 1. The van der Waals surface area contributed by atoms with Crippen LogP contribution < -0.4 is 5.32 Å². The molecule has 3 rings (SSSR count). The fourth-order valence-electron chi connectivity index (χ4n) is 2.30. The highest BCUT2D eigenvalue weighted by Gasteiger charge is 2.15. The Morgan fingerprint density at radius 1 is 1.19 bits per heavy atom. The number of benzene rings is 1. The molecule has 0 unspecified atom stereocenters. The van der Waals surface area contributed by atoms with Crippen molar-refractivity contribution in [3.63, 3.8) is 0 Å². The second-order valence-corrected chi connectivity index (χ2v) is 4.08. The zero-order valence-corrected chi connectivity index (χ0v) is 8.96. The fourth-order valence-corrected chi connectivity index (χ4v) is 2.30. The highest BCUT2D eigenvalue weighted by Crippen LogP contribution is 2.34. The smallest absolute Gasteiger partial charge is 0.197 e. The van der Waals surface area contributed by atoms with E-state index in [0.29, 0.717) is 0 Å². The van der Waals surface area contributed by atoms with E-state index < -0.39 is 0 Å². The van der Waals surface area contributed by atoms with Crippen LogP contribution in [0.1, 0.15) is 12.0 Å². The highest BCUT2D eigenvalue weighted by molar-refractivity contribution is 5.95. The van der Waals surface area contributed by atoms with Gasteiger partial charge in [0.15, 0.2) is 5.88 Å². The minimum Gasteiger partial charge on any atom is -0.494 e. The summed E-state index contributed by atoms with van der Waals surface area (Å²) in [6.07, 6.45) is 3.12. The lowest BCUT2D eigenvalue weighted by Gasteiger charge is -2.13. The van der Waals surface area contributed by atoms with E-state index in [1.54, 1.807) is 0 Å². The first-order valence-corrected chi connectivity index (χ1v) is 5.56.